The van der Waals surface area contributed by atoms with Crippen molar-refractivity contribution in [2.24, 2.45) is 0 Å². The molecule has 0 N–H and O–H groups in total. The van der Waals surface area contributed by atoms with E-state index in [0.29, 0.717) is 39.4 Å². The first kappa shape index (κ1) is 20.7. The highest BCUT2D eigenvalue weighted by atomic mass is 35.5. The predicted molar refractivity (Wildman–Crippen MR) is 109 cm³/mol. The van der Waals surface area contributed by atoms with E-state index < -0.39 is 0 Å². The lowest BCUT2D eigenvalue weighted by atomic mass is 10.1. The van der Waals surface area contributed by atoms with Crippen molar-refractivity contribution in [3.63, 3.8) is 0 Å². The number of hydrogen-bond acceptors (Lipinski definition) is 6. The molecule has 2 aromatic carbocycles. The number of nitrogens with zero attached hydrogens (tertiary/aromatic N) is 3. The monoisotopic (exact) mass is 415 g/mol. The van der Waals surface area contributed by atoms with Crippen molar-refractivity contribution >= 4 is 17.5 Å². The summed E-state index contributed by atoms with van der Waals surface area (Å²) in [6.07, 6.45) is 0. The van der Waals surface area contributed by atoms with Crippen molar-refractivity contribution in [2.45, 2.75) is 26.4 Å². The molecule has 0 saturated heterocycles. The quantitative estimate of drug-likeness (QED) is 0.567. The van der Waals surface area contributed by atoms with Crippen molar-refractivity contribution in [2.75, 3.05) is 14.2 Å². The minimum atomic E-state index is -0.198. The summed E-state index contributed by atoms with van der Waals surface area (Å²) in [6, 6.07) is 12.2. The molecular weight excluding hydrogens is 394 g/mol. The number of ether oxygens (including phenoxy) is 2. The highest BCUT2D eigenvalue weighted by Crippen LogP contribution is 2.31. The summed E-state index contributed by atoms with van der Waals surface area (Å²) < 4.78 is 15.9. The Bertz CT molecular complexity index is 1000. The van der Waals surface area contributed by atoms with Gasteiger partial charge in [-0.1, -0.05) is 28.9 Å². The third-order valence-corrected chi connectivity index (χ3v) is 4.73. The van der Waals surface area contributed by atoms with Gasteiger partial charge in [-0.2, -0.15) is 4.98 Å². The average molecular weight is 416 g/mol. The van der Waals surface area contributed by atoms with Crippen LogP contribution in [0.15, 0.2) is 47.0 Å². The molecule has 1 heterocycles. The van der Waals surface area contributed by atoms with Crippen LogP contribution in [0.5, 0.6) is 11.5 Å². The molecule has 0 saturated carbocycles. The van der Waals surface area contributed by atoms with Crippen molar-refractivity contribution in [3.8, 4) is 22.9 Å². The molecule has 0 aliphatic carbocycles. The van der Waals surface area contributed by atoms with Gasteiger partial charge in [0.2, 0.25) is 11.7 Å². The van der Waals surface area contributed by atoms with Crippen molar-refractivity contribution in [1.82, 2.24) is 15.0 Å². The number of amides is 1. The largest absolute Gasteiger partial charge is 0.493 e. The summed E-state index contributed by atoms with van der Waals surface area (Å²) in [5.74, 6) is 1.69. The van der Waals surface area contributed by atoms with Crippen molar-refractivity contribution in [1.29, 1.82) is 0 Å². The molecule has 7 nitrogen and oxygen atoms in total. The lowest BCUT2D eigenvalue weighted by molar-refractivity contribution is 0.0667. The van der Waals surface area contributed by atoms with E-state index >= 15 is 0 Å². The second-order valence-corrected chi connectivity index (χ2v) is 7.00. The fourth-order valence-electron chi connectivity index (χ4n) is 2.84. The molecule has 152 valence electrons. The van der Waals surface area contributed by atoms with Crippen LogP contribution >= 0.6 is 11.6 Å². The Labute approximate surface area is 174 Å². The Balaban J connectivity index is 1.84. The van der Waals surface area contributed by atoms with E-state index in [9.17, 15) is 4.79 Å². The number of aromatic nitrogens is 2. The van der Waals surface area contributed by atoms with E-state index in [1.807, 2.05) is 19.9 Å². The number of benzene rings is 2. The number of halogens is 1. The first-order valence-electron chi connectivity index (χ1n) is 9.05. The molecule has 3 aromatic rings. The second kappa shape index (κ2) is 8.96. The summed E-state index contributed by atoms with van der Waals surface area (Å²) in [4.78, 5) is 19.0. The standard InChI is InChI=1S/C21H22ClN3O4/c1-13(2)25(21(26)15-7-5-6-8-16(15)22)12-19-23-20(24-29-19)14-9-10-17(27-3)18(11-14)28-4/h5-11,13H,12H2,1-4H3. The minimum absolute atomic E-state index is 0.0878. The van der Waals surface area contributed by atoms with Gasteiger partial charge in [0.15, 0.2) is 11.5 Å². The Kier molecular flexibility index (Phi) is 6.39. The molecule has 0 radical (unpaired) electrons. The normalized spacial score (nSPS) is 10.8. The van der Waals surface area contributed by atoms with Crippen LogP contribution in [0.2, 0.25) is 5.02 Å². The van der Waals surface area contributed by atoms with Gasteiger partial charge in [-0.25, -0.2) is 0 Å². The topological polar surface area (TPSA) is 77.7 Å². The Hall–Kier alpha value is -3.06. The van der Waals surface area contributed by atoms with Crippen LogP contribution in [-0.4, -0.2) is 41.2 Å². The van der Waals surface area contributed by atoms with Gasteiger partial charge in [-0.3, -0.25) is 4.79 Å². The van der Waals surface area contributed by atoms with E-state index in [1.165, 1.54) is 0 Å². The SMILES string of the molecule is COc1ccc(-c2noc(CN(C(=O)c3ccccc3Cl)C(C)C)n2)cc1OC. The maximum absolute atomic E-state index is 13.0. The summed E-state index contributed by atoms with van der Waals surface area (Å²) in [5.41, 5.74) is 1.15. The van der Waals surface area contributed by atoms with E-state index in [2.05, 4.69) is 10.1 Å². The van der Waals surface area contributed by atoms with Gasteiger partial charge in [-0.05, 0) is 44.2 Å². The van der Waals surface area contributed by atoms with E-state index in [0.717, 1.165) is 0 Å². The van der Waals surface area contributed by atoms with Crippen molar-refractivity contribution < 1.29 is 18.8 Å². The molecule has 0 atom stereocenters. The van der Waals surface area contributed by atoms with Gasteiger partial charge in [0, 0.05) is 11.6 Å². The maximum Gasteiger partial charge on any atom is 0.256 e. The average Bonchev–Trinajstić information content (AvgIpc) is 3.20. The van der Waals surface area contributed by atoms with Crippen LogP contribution in [0.4, 0.5) is 0 Å². The molecule has 0 aliphatic rings. The number of hydrogen-bond donors (Lipinski definition) is 0. The first-order valence-corrected chi connectivity index (χ1v) is 9.43. The Morgan fingerprint density at radius 2 is 1.86 bits per heavy atom. The Morgan fingerprint density at radius 3 is 2.52 bits per heavy atom. The zero-order valence-electron chi connectivity index (χ0n) is 16.7. The minimum Gasteiger partial charge on any atom is -0.493 e. The van der Waals surface area contributed by atoms with Crippen LogP contribution < -0.4 is 9.47 Å². The van der Waals surface area contributed by atoms with Crippen LogP contribution in [0, 0.1) is 0 Å². The number of methoxy groups -OCH3 is 2. The summed E-state index contributed by atoms with van der Waals surface area (Å²) >= 11 is 6.19. The highest BCUT2D eigenvalue weighted by Gasteiger charge is 2.23. The van der Waals surface area contributed by atoms with Crippen LogP contribution in [0.25, 0.3) is 11.4 Å². The van der Waals surface area contributed by atoms with Gasteiger partial charge in [0.25, 0.3) is 5.91 Å². The summed E-state index contributed by atoms with van der Waals surface area (Å²) in [7, 11) is 3.13. The third-order valence-electron chi connectivity index (χ3n) is 4.40. The van der Waals surface area contributed by atoms with Crippen LogP contribution in [0.1, 0.15) is 30.1 Å². The Morgan fingerprint density at radius 1 is 1.14 bits per heavy atom. The van der Waals surface area contributed by atoms with Gasteiger partial charge in [0.05, 0.1) is 24.8 Å². The first-order chi connectivity index (χ1) is 13.9. The molecule has 3 rings (SSSR count). The van der Waals surface area contributed by atoms with Gasteiger partial charge in [-0.15, -0.1) is 0 Å². The fourth-order valence-corrected chi connectivity index (χ4v) is 3.05. The number of carbonyl (C=O) groups is 1. The molecule has 0 unspecified atom stereocenters. The summed E-state index contributed by atoms with van der Waals surface area (Å²) in [6.45, 7) is 4.00. The summed E-state index contributed by atoms with van der Waals surface area (Å²) in [5, 5.41) is 4.44. The molecule has 1 amide bonds. The molecule has 0 spiro atoms. The zero-order chi connectivity index (χ0) is 21.0. The molecule has 0 fully saturated rings. The zero-order valence-corrected chi connectivity index (χ0v) is 17.4. The molecule has 1 aromatic heterocycles. The molecular formula is C21H22ClN3O4. The molecule has 8 heteroatoms. The number of rotatable bonds is 7. The van der Waals surface area contributed by atoms with E-state index in [1.54, 1.807) is 55.5 Å². The van der Waals surface area contributed by atoms with Crippen LogP contribution in [-0.2, 0) is 6.54 Å². The van der Waals surface area contributed by atoms with Crippen LogP contribution in [0.3, 0.4) is 0 Å². The lowest BCUT2D eigenvalue weighted by Crippen LogP contribution is -2.36. The predicted octanol–water partition coefficient (Wildman–Crippen LogP) is 4.46. The van der Waals surface area contributed by atoms with Gasteiger partial charge >= 0.3 is 0 Å². The number of carbonyl (C=O) groups excluding carboxylic acids is 1. The molecule has 0 aliphatic heterocycles. The fraction of sp³-hybridized carbons (Fsp3) is 0.286. The molecule has 0 bridgehead atoms. The third kappa shape index (κ3) is 4.51. The highest BCUT2D eigenvalue weighted by molar-refractivity contribution is 6.33. The van der Waals surface area contributed by atoms with Gasteiger partial charge < -0.3 is 18.9 Å². The van der Waals surface area contributed by atoms with E-state index in [4.69, 9.17) is 25.6 Å². The smallest absolute Gasteiger partial charge is 0.256 e. The maximum atomic E-state index is 13.0. The van der Waals surface area contributed by atoms with E-state index in [-0.39, 0.29) is 18.5 Å². The molecule has 29 heavy (non-hydrogen) atoms. The second-order valence-electron chi connectivity index (χ2n) is 6.59. The lowest BCUT2D eigenvalue weighted by Gasteiger charge is -2.25. The van der Waals surface area contributed by atoms with Gasteiger partial charge in [0.1, 0.15) is 6.54 Å². The van der Waals surface area contributed by atoms with Crippen molar-refractivity contribution in [3.05, 3.63) is 58.9 Å².